The molecule has 2 rings (SSSR count). The van der Waals surface area contributed by atoms with Crippen LogP contribution in [0.1, 0.15) is 0 Å². The molecular formula is C9H5BrFNO. The van der Waals surface area contributed by atoms with Crippen LogP contribution in [-0.4, -0.2) is 4.98 Å². The average molecular weight is 242 g/mol. The molecule has 0 aliphatic carbocycles. The van der Waals surface area contributed by atoms with E-state index in [2.05, 4.69) is 20.9 Å². The largest absolute Gasteiger partial charge is 0.360 e. The number of benzene rings is 1. The maximum Gasteiger partial charge on any atom is 0.192 e. The molecule has 1 aromatic heterocycles. The van der Waals surface area contributed by atoms with Gasteiger partial charge in [0.2, 0.25) is 0 Å². The lowest BCUT2D eigenvalue weighted by molar-refractivity contribution is 0.638. The molecule has 4 heteroatoms. The molecule has 1 heterocycles. The van der Waals surface area contributed by atoms with E-state index in [0.717, 1.165) is 0 Å². The van der Waals surface area contributed by atoms with Gasteiger partial charge in [-0.2, -0.15) is 0 Å². The molecule has 0 amide bonds. The van der Waals surface area contributed by atoms with E-state index in [-0.39, 0.29) is 10.8 Å². The highest BCUT2D eigenvalue weighted by atomic mass is 79.9. The van der Waals surface area contributed by atoms with Gasteiger partial charge in [-0.1, -0.05) is 0 Å². The number of hydrogen-bond acceptors (Lipinski definition) is 1. The van der Waals surface area contributed by atoms with E-state index >= 15 is 0 Å². The number of nitrogens with one attached hydrogen (secondary N) is 1. The van der Waals surface area contributed by atoms with Crippen molar-refractivity contribution in [3.63, 3.8) is 0 Å². The van der Waals surface area contributed by atoms with Crippen LogP contribution in [0, 0.1) is 5.82 Å². The predicted molar refractivity (Wildman–Crippen MR) is 52.2 cm³/mol. The zero-order valence-electron chi connectivity index (χ0n) is 6.47. The van der Waals surface area contributed by atoms with Gasteiger partial charge in [0, 0.05) is 16.7 Å². The summed E-state index contributed by atoms with van der Waals surface area (Å²) in [4.78, 5) is 14.1. The highest BCUT2D eigenvalue weighted by molar-refractivity contribution is 9.10. The molecule has 0 unspecified atom stereocenters. The standard InChI is InChI=1S/C9H5BrFNO/c10-5-1-2-6(11)8-7(13)3-4-12-9(5)8/h1-4H,(H,12,13). The van der Waals surface area contributed by atoms with E-state index in [9.17, 15) is 9.18 Å². The molecule has 1 N–H and O–H groups in total. The first-order valence-corrected chi connectivity index (χ1v) is 4.45. The van der Waals surface area contributed by atoms with Crippen LogP contribution in [0.4, 0.5) is 4.39 Å². The van der Waals surface area contributed by atoms with Gasteiger partial charge in [-0.25, -0.2) is 4.39 Å². The summed E-state index contributed by atoms with van der Waals surface area (Å²) >= 11 is 3.23. The second-order valence-corrected chi connectivity index (χ2v) is 3.48. The van der Waals surface area contributed by atoms with Crippen LogP contribution in [0.2, 0.25) is 0 Å². The van der Waals surface area contributed by atoms with Gasteiger partial charge >= 0.3 is 0 Å². The van der Waals surface area contributed by atoms with E-state index in [1.54, 1.807) is 6.07 Å². The predicted octanol–water partition coefficient (Wildman–Crippen LogP) is 2.43. The molecule has 0 radical (unpaired) electrons. The van der Waals surface area contributed by atoms with Crippen molar-refractivity contribution < 1.29 is 4.39 Å². The third-order valence-corrected chi connectivity index (χ3v) is 2.47. The maximum atomic E-state index is 13.2. The van der Waals surface area contributed by atoms with Gasteiger partial charge in [0.15, 0.2) is 5.43 Å². The quantitative estimate of drug-likeness (QED) is 0.756. The number of aromatic amines is 1. The number of H-pyrrole nitrogens is 1. The third kappa shape index (κ3) is 1.27. The number of hydrogen-bond donors (Lipinski definition) is 1. The van der Waals surface area contributed by atoms with Crippen LogP contribution in [0.3, 0.4) is 0 Å². The fraction of sp³-hybridized carbons (Fsp3) is 0. The Labute approximate surface area is 81.5 Å². The Morgan fingerprint density at radius 2 is 2.08 bits per heavy atom. The Morgan fingerprint density at radius 1 is 1.31 bits per heavy atom. The summed E-state index contributed by atoms with van der Waals surface area (Å²) in [5, 5.41) is 0.0943. The molecule has 0 saturated heterocycles. The summed E-state index contributed by atoms with van der Waals surface area (Å²) in [6.07, 6.45) is 1.49. The van der Waals surface area contributed by atoms with Gasteiger partial charge in [-0.15, -0.1) is 0 Å². The summed E-state index contributed by atoms with van der Waals surface area (Å²) in [5.41, 5.74) is 0.181. The molecule has 0 aliphatic heterocycles. The Balaban J connectivity index is 3.09. The Bertz CT molecular complexity index is 520. The number of rotatable bonds is 0. The average Bonchev–Trinajstić information content (AvgIpc) is 2.12. The monoisotopic (exact) mass is 241 g/mol. The number of halogens is 2. The van der Waals surface area contributed by atoms with Crippen LogP contribution < -0.4 is 5.43 Å². The lowest BCUT2D eigenvalue weighted by atomic mass is 10.2. The van der Waals surface area contributed by atoms with Crippen LogP contribution >= 0.6 is 15.9 Å². The van der Waals surface area contributed by atoms with Gasteiger partial charge in [0.25, 0.3) is 0 Å². The van der Waals surface area contributed by atoms with Crippen LogP contribution in [-0.2, 0) is 0 Å². The summed E-state index contributed by atoms with van der Waals surface area (Å²) in [6, 6.07) is 4.13. The minimum Gasteiger partial charge on any atom is -0.360 e. The highest BCUT2D eigenvalue weighted by Crippen LogP contribution is 2.21. The molecule has 2 nitrogen and oxygen atoms in total. The van der Waals surface area contributed by atoms with Crippen molar-refractivity contribution >= 4 is 26.8 Å². The topological polar surface area (TPSA) is 32.9 Å². The molecule has 0 fully saturated rings. The molecule has 66 valence electrons. The smallest absolute Gasteiger partial charge is 0.192 e. The van der Waals surface area contributed by atoms with E-state index in [1.807, 2.05) is 0 Å². The van der Waals surface area contributed by atoms with E-state index in [4.69, 9.17) is 0 Å². The van der Waals surface area contributed by atoms with Gasteiger partial charge in [-0.05, 0) is 28.1 Å². The SMILES string of the molecule is O=c1cc[nH]c2c(Br)ccc(F)c12. The zero-order chi connectivity index (χ0) is 9.42. The maximum absolute atomic E-state index is 13.2. The Kier molecular flexibility index (Phi) is 1.92. The van der Waals surface area contributed by atoms with Gasteiger partial charge < -0.3 is 4.98 Å². The van der Waals surface area contributed by atoms with E-state index < -0.39 is 5.82 Å². The number of aromatic nitrogens is 1. The van der Waals surface area contributed by atoms with Crippen molar-refractivity contribution in [3.05, 3.63) is 44.9 Å². The lowest BCUT2D eigenvalue weighted by Crippen LogP contribution is -2.02. The minimum absolute atomic E-state index is 0.0943. The fourth-order valence-corrected chi connectivity index (χ4v) is 1.66. The molecule has 0 saturated carbocycles. The highest BCUT2D eigenvalue weighted by Gasteiger charge is 2.06. The van der Waals surface area contributed by atoms with Crippen molar-refractivity contribution in [3.8, 4) is 0 Å². The Hall–Kier alpha value is -1.16. The first-order chi connectivity index (χ1) is 6.20. The second kappa shape index (κ2) is 2.96. The molecule has 2 aromatic rings. The summed E-state index contributed by atoms with van der Waals surface area (Å²) < 4.78 is 13.9. The van der Waals surface area contributed by atoms with Crippen molar-refractivity contribution in [2.24, 2.45) is 0 Å². The third-order valence-electron chi connectivity index (χ3n) is 1.81. The first-order valence-electron chi connectivity index (χ1n) is 3.65. The van der Waals surface area contributed by atoms with E-state index in [0.29, 0.717) is 9.99 Å². The van der Waals surface area contributed by atoms with Gasteiger partial charge in [-0.3, -0.25) is 4.79 Å². The van der Waals surface area contributed by atoms with Crippen LogP contribution in [0.25, 0.3) is 10.9 Å². The molecule has 0 spiro atoms. The molecule has 0 aliphatic rings. The molecule has 0 bridgehead atoms. The fourth-order valence-electron chi connectivity index (χ4n) is 1.22. The van der Waals surface area contributed by atoms with Crippen molar-refractivity contribution in [1.29, 1.82) is 0 Å². The first kappa shape index (κ1) is 8.44. The van der Waals surface area contributed by atoms with E-state index in [1.165, 1.54) is 18.3 Å². The van der Waals surface area contributed by atoms with Crippen molar-refractivity contribution in [2.75, 3.05) is 0 Å². The zero-order valence-corrected chi connectivity index (χ0v) is 8.06. The molecule has 0 atom stereocenters. The molecule has 1 aromatic carbocycles. The number of fused-ring (bicyclic) bond motifs is 1. The summed E-state index contributed by atoms with van der Waals surface area (Å²) in [7, 11) is 0. The molecular weight excluding hydrogens is 237 g/mol. The van der Waals surface area contributed by atoms with Crippen molar-refractivity contribution in [2.45, 2.75) is 0 Å². The van der Waals surface area contributed by atoms with Gasteiger partial charge in [0.05, 0.1) is 10.9 Å². The Morgan fingerprint density at radius 3 is 2.77 bits per heavy atom. The normalized spacial score (nSPS) is 10.6. The molecule has 13 heavy (non-hydrogen) atoms. The van der Waals surface area contributed by atoms with Crippen LogP contribution in [0.15, 0.2) is 33.7 Å². The number of pyridine rings is 1. The summed E-state index contributed by atoms with van der Waals surface area (Å²) in [6.45, 7) is 0. The van der Waals surface area contributed by atoms with Gasteiger partial charge in [0.1, 0.15) is 5.82 Å². The second-order valence-electron chi connectivity index (χ2n) is 2.62. The lowest BCUT2D eigenvalue weighted by Gasteiger charge is -1.99. The summed E-state index contributed by atoms with van der Waals surface area (Å²) in [5.74, 6) is -0.500. The minimum atomic E-state index is -0.500. The van der Waals surface area contributed by atoms with Crippen LogP contribution in [0.5, 0.6) is 0 Å². The van der Waals surface area contributed by atoms with Crippen molar-refractivity contribution in [1.82, 2.24) is 4.98 Å².